The third kappa shape index (κ3) is 4.90. The summed E-state index contributed by atoms with van der Waals surface area (Å²) in [5.74, 6) is 1.94. The van der Waals surface area contributed by atoms with E-state index >= 15 is 0 Å². The second-order valence-corrected chi connectivity index (χ2v) is 6.43. The molecule has 94 valence electrons. The Balaban J connectivity index is 1.52. The standard InChI is InChI=1S/C14H20ClNS/c15-13-7-6-12(10-13)11-16-8-9-17-14-4-2-1-3-5-14/h1-5,12-13,16H,6-11H2. The van der Waals surface area contributed by atoms with Crippen LogP contribution < -0.4 is 5.32 Å². The molecule has 1 aromatic rings. The molecule has 1 aliphatic rings. The average molecular weight is 270 g/mol. The van der Waals surface area contributed by atoms with Crippen LogP contribution in [-0.2, 0) is 0 Å². The van der Waals surface area contributed by atoms with E-state index in [0.29, 0.717) is 5.38 Å². The Morgan fingerprint density at radius 2 is 2.06 bits per heavy atom. The van der Waals surface area contributed by atoms with Crippen LogP contribution in [0.5, 0.6) is 0 Å². The Hall–Kier alpha value is -0.180. The van der Waals surface area contributed by atoms with Crippen LogP contribution in [0.1, 0.15) is 19.3 Å². The number of alkyl halides is 1. The number of nitrogens with one attached hydrogen (secondary N) is 1. The van der Waals surface area contributed by atoms with Crippen molar-refractivity contribution in [1.82, 2.24) is 5.32 Å². The Morgan fingerprint density at radius 1 is 1.24 bits per heavy atom. The van der Waals surface area contributed by atoms with Crippen LogP contribution in [0.25, 0.3) is 0 Å². The summed E-state index contributed by atoms with van der Waals surface area (Å²) in [6, 6.07) is 10.6. The Morgan fingerprint density at radius 3 is 2.76 bits per heavy atom. The molecule has 2 rings (SSSR count). The van der Waals surface area contributed by atoms with Gasteiger partial charge in [0.1, 0.15) is 0 Å². The van der Waals surface area contributed by atoms with E-state index in [-0.39, 0.29) is 0 Å². The van der Waals surface area contributed by atoms with Gasteiger partial charge in [-0.05, 0) is 43.9 Å². The lowest BCUT2D eigenvalue weighted by atomic mass is 10.1. The molecule has 3 heteroatoms. The smallest absolute Gasteiger partial charge is 0.0339 e. The van der Waals surface area contributed by atoms with Crippen molar-refractivity contribution in [2.75, 3.05) is 18.8 Å². The summed E-state index contributed by atoms with van der Waals surface area (Å²) >= 11 is 8.01. The van der Waals surface area contributed by atoms with Crippen molar-refractivity contribution in [2.45, 2.75) is 29.5 Å². The van der Waals surface area contributed by atoms with E-state index in [2.05, 4.69) is 35.6 Å². The maximum absolute atomic E-state index is 6.10. The molecule has 0 amide bonds. The van der Waals surface area contributed by atoms with Crippen LogP contribution in [-0.4, -0.2) is 24.2 Å². The molecule has 0 aromatic heterocycles. The summed E-state index contributed by atoms with van der Waals surface area (Å²) in [7, 11) is 0. The van der Waals surface area contributed by atoms with Gasteiger partial charge in [-0.3, -0.25) is 0 Å². The van der Waals surface area contributed by atoms with E-state index < -0.39 is 0 Å². The van der Waals surface area contributed by atoms with E-state index in [4.69, 9.17) is 11.6 Å². The summed E-state index contributed by atoms with van der Waals surface area (Å²) in [5.41, 5.74) is 0. The SMILES string of the molecule is ClC1CCC(CNCCSc2ccccc2)C1. The number of rotatable bonds is 6. The first-order valence-corrected chi connectivity index (χ1v) is 7.79. The zero-order chi connectivity index (χ0) is 11.9. The zero-order valence-corrected chi connectivity index (χ0v) is 11.6. The molecule has 0 spiro atoms. The molecule has 0 aliphatic heterocycles. The largest absolute Gasteiger partial charge is 0.316 e. The molecule has 1 fully saturated rings. The summed E-state index contributed by atoms with van der Waals surface area (Å²) in [6.45, 7) is 2.22. The third-order valence-electron chi connectivity index (χ3n) is 3.20. The van der Waals surface area contributed by atoms with Gasteiger partial charge in [-0.25, -0.2) is 0 Å². The fraction of sp³-hybridized carbons (Fsp3) is 0.571. The fourth-order valence-electron chi connectivity index (χ4n) is 2.26. The molecule has 1 aromatic carbocycles. The summed E-state index contributed by atoms with van der Waals surface area (Å²) in [6.07, 6.45) is 3.69. The summed E-state index contributed by atoms with van der Waals surface area (Å²) < 4.78 is 0. The van der Waals surface area contributed by atoms with E-state index in [0.717, 1.165) is 24.8 Å². The molecule has 2 atom stereocenters. The van der Waals surface area contributed by atoms with E-state index in [1.807, 2.05) is 11.8 Å². The van der Waals surface area contributed by atoms with Gasteiger partial charge in [0.15, 0.2) is 0 Å². The van der Waals surface area contributed by atoms with Crippen LogP contribution in [0, 0.1) is 5.92 Å². The molecule has 17 heavy (non-hydrogen) atoms. The quantitative estimate of drug-likeness (QED) is 0.479. The molecule has 2 unspecified atom stereocenters. The molecule has 1 saturated carbocycles. The van der Waals surface area contributed by atoms with Crippen LogP contribution in [0.4, 0.5) is 0 Å². The highest BCUT2D eigenvalue weighted by molar-refractivity contribution is 7.99. The van der Waals surface area contributed by atoms with E-state index in [1.165, 1.54) is 24.2 Å². The highest BCUT2D eigenvalue weighted by Gasteiger charge is 2.21. The van der Waals surface area contributed by atoms with Crippen LogP contribution in [0.2, 0.25) is 0 Å². The number of hydrogen-bond donors (Lipinski definition) is 1. The Kier molecular flexibility index (Phi) is 5.69. The maximum Gasteiger partial charge on any atom is 0.0339 e. The first-order chi connectivity index (χ1) is 8.34. The fourth-order valence-corrected chi connectivity index (χ4v) is 3.47. The van der Waals surface area contributed by atoms with Gasteiger partial charge in [0, 0.05) is 22.6 Å². The van der Waals surface area contributed by atoms with Gasteiger partial charge in [-0.1, -0.05) is 18.2 Å². The minimum Gasteiger partial charge on any atom is -0.316 e. The van der Waals surface area contributed by atoms with Crippen molar-refractivity contribution >= 4 is 23.4 Å². The molecule has 0 heterocycles. The number of hydrogen-bond acceptors (Lipinski definition) is 2. The maximum atomic E-state index is 6.10. The monoisotopic (exact) mass is 269 g/mol. The van der Waals surface area contributed by atoms with Crippen molar-refractivity contribution in [3.8, 4) is 0 Å². The first kappa shape index (κ1) is 13.3. The molecule has 0 radical (unpaired) electrons. The minimum atomic E-state index is 0.431. The lowest BCUT2D eigenvalue weighted by molar-refractivity contribution is 0.500. The third-order valence-corrected chi connectivity index (χ3v) is 4.61. The van der Waals surface area contributed by atoms with Crippen molar-refractivity contribution in [1.29, 1.82) is 0 Å². The Bertz CT molecular complexity index is 317. The van der Waals surface area contributed by atoms with Crippen LogP contribution >= 0.6 is 23.4 Å². The summed E-state index contributed by atoms with van der Waals surface area (Å²) in [5, 5.41) is 3.97. The molecule has 1 nitrogen and oxygen atoms in total. The highest BCUT2D eigenvalue weighted by atomic mass is 35.5. The predicted octanol–water partition coefficient (Wildman–Crippen LogP) is 3.78. The number of thioether (sulfide) groups is 1. The normalized spacial score (nSPS) is 24.1. The van der Waals surface area contributed by atoms with Gasteiger partial charge < -0.3 is 5.32 Å². The minimum absolute atomic E-state index is 0.431. The zero-order valence-electron chi connectivity index (χ0n) is 10.1. The molecular weight excluding hydrogens is 250 g/mol. The molecular formula is C14H20ClNS. The lowest BCUT2D eigenvalue weighted by Crippen LogP contribution is -2.23. The van der Waals surface area contributed by atoms with E-state index in [9.17, 15) is 0 Å². The predicted molar refractivity (Wildman–Crippen MR) is 77.0 cm³/mol. The second-order valence-electron chi connectivity index (χ2n) is 4.64. The van der Waals surface area contributed by atoms with Gasteiger partial charge in [0.2, 0.25) is 0 Å². The Labute approximate surface area is 113 Å². The van der Waals surface area contributed by atoms with Gasteiger partial charge >= 0.3 is 0 Å². The highest BCUT2D eigenvalue weighted by Crippen LogP contribution is 2.28. The van der Waals surface area contributed by atoms with Crippen molar-refractivity contribution in [2.24, 2.45) is 5.92 Å². The van der Waals surface area contributed by atoms with Crippen molar-refractivity contribution in [3.05, 3.63) is 30.3 Å². The topological polar surface area (TPSA) is 12.0 Å². The second kappa shape index (κ2) is 7.30. The van der Waals surface area contributed by atoms with Crippen LogP contribution in [0.15, 0.2) is 35.2 Å². The van der Waals surface area contributed by atoms with E-state index in [1.54, 1.807) is 0 Å². The van der Waals surface area contributed by atoms with Gasteiger partial charge in [0.05, 0.1) is 0 Å². The summed E-state index contributed by atoms with van der Waals surface area (Å²) in [4.78, 5) is 1.36. The molecule has 0 saturated heterocycles. The van der Waals surface area contributed by atoms with Gasteiger partial charge in [0.25, 0.3) is 0 Å². The van der Waals surface area contributed by atoms with Crippen molar-refractivity contribution < 1.29 is 0 Å². The van der Waals surface area contributed by atoms with Crippen molar-refractivity contribution in [3.63, 3.8) is 0 Å². The first-order valence-electron chi connectivity index (χ1n) is 6.37. The molecule has 1 aliphatic carbocycles. The molecule has 0 bridgehead atoms. The number of halogens is 1. The van der Waals surface area contributed by atoms with Gasteiger partial charge in [-0.15, -0.1) is 23.4 Å². The lowest BCUT2D eigenvalue weighted by Gasteiger charge is -2.10. The molecule has 1 N–H and O–H groups in total. The van der Waals surface area contributed by atoms with Gasteiger partial charge in [-0.2, -0.15) is 0 Å². The van der Waals surface area contributed by atoms with Crippen LogP contribution in [0.3, 0.4) is 0 Å². The number of benzene rings is 1. The average Bonchev–Trinajstić information content (AvgIpc) is 2.76.